The number of aryl methyl sites for hydroxylation is 2. The lowest BCUT2D eigenvalue weighted by molar-refractivity contribution is 0.141. The minimum Gasteiger partial charge on any atom is -0.380 e. The Labute approximate surface area is 96.4 Å². The van der Waals surface area contributed by atoms with Crippen LogP contribution in [0.2, 0.25) is 0 Å². The smallest absolute Gasteiger partial charge is 0.223 e. The number of anilines is 1. The predicted octanol–water partition coefficient (Wildman–Crippen LogP) is 0.871. The van der Waals surface area contributed by atoms with Crippen molar-refractivity contribution in [2.24, 2.45) is 5.73 Å². The largest absolute Gasteiger partial charge is 0.380 e. The molecule has 0 bridgehead atoms. The highest BCUT2D eigenvalue weighted by Gasteiger charge is 1.97. The van der Waals surface area contributed by atoms with Gasteiger partial charge >= 0.3 is 0 Å². The molecule has 0 saturated carbocycles. The number of rotatable bonds is 7. The van der Waals surface area contributed by atoms with E-state index in [1.54, 1.807) is 0 Å². The molecule has 90 valence electrons. The fourth-order valence-electron chi connectivity index (χ4n) is 1.36. The van der Waals surface area contributed by atoms with Crippen molar-refractivity contribution in [3.63, 3.8) is 0 Å². The maximum atomic E-state index is 5.31. The third-order valence-corrected chi connectivity index (χ3v) is 1.99. The molecule has 5 heteroatoms. The Bertz CT molecular complexity index is 297. The topological polar surface area (TPSA) is 73.1 Å². The van der Waals surface area contributed by atoms with Crippen LogP contribution in [0.5, 0.6) is 0 Å². The molecule has 0 aliphatic rings. The molecule has 0 spiro atoms. The monoisotopic (exact) mass is 224 g/mol. The van der Waals surface area contributed by atoms with E-state index in [-0.39, 0.29) is 0 Å². The molecule has 0 amide bonds. The minimum absolute atomic E-state index is 0.577. The Kier molecular flexibility index (Phi) is 5.74. The van der Waals surface area contributed by atoms with E-state index in [0.717, 1.165) is 31.0 Å². The van der Waals surface area contributed by atoms with Gasteiger partial charge in [-0.1, -0.05) is 0 Å². The van der Waals surface area contributed by atoms with E-state index in [1.165, 1.54) is 0 Å². The van der Waals surface area contributed by atoms with Gasteiger partial charge in [0.1, 0.15) is 0 Å². The van der Waals surface area contributed by atoms with Crippen LogP contribution in [0.1, 0.15) is 17.8 Å². The molecule has 16 heavy (non-hydrogen) atoms. The summed E-state index contributed by atoms with van der Waals surface area (Å²) < 4.78 is 5.26. The Morgan fingerprint density at radius 2 is 1.94 bits per heavy atom. The van der Waals surface area contributed by atoms with E-state index in [2.05, 4.69) is 15.3 Å². The third kappa shape index (κ3) is 5.04. The van der Waals surface area contributed by atoms with Crippen molar-refractivity contribution < 1.29 is 4.74 Å². The van der Waals surface area contributed by atoms with Gasteiger partial charge in [0.2, 0.25) is 5.95 Å². The number of hydrogen-bond donors (Lipinski definition) is 2. The van der Waals surface area contributed by atoms with Gasteiger partial charge in [0, 0.05) is 31.1 Å². The maximum Gasteiger partial charge on any atom is 0.223 e. The molecule has 0 aromatic carbocycles. The number of nitrogens with two attached hydrogens (primary N) is 1. The molecule has 5 nitrogen and oxygen atoms in total. The van der Waals surface area contributed by atoms with Gasteiger partial charge in [-0.15, -0.1) is 0 Å². The Balaban J connectivity index is 2.21. The van der Waals surface area contributed by atoms with Crippen LogP contribution in [0, 0.1) is 13.8 Å². The van der Waals surface area contributed by atoms with Gasteiger partial charge in [0.25, 0.3) is 0 Å². The molecule has 0 atom stereocenters. The van der Waals surface area contributed by atoms with Gasteiger partial charge in [-0.3, -0.25) is 0 Å². The zero-order valence-corrected chi connectivity index (χ0v) is 9.99. The summed E-state index contributed by atoms with van der Waals surface area (Å²) >= 11 is 0. The average molecular weight is 224 g/mol. The fourth-order valence-corrected chi connectivity index (χ4v) is 1.36. The molecule has 0 unspecified atom stereocenters. The van der Waals surface area contributed by atoms with Crippen LogP contribution in [0.4, 0.5) is 5.95 Å². The highest BCUT2D eigenvalue weighted by atomic mass is 16.5. The summed E-state index contributed by atoms with van der Waals surface area (Å²) in [6.45, 7) is 6.66. The second kappa shape index (κ2) is 7.14. The van der Waals surface area contributed by atoms with Crippen molar-refractivity contribution in [3.8, 4) is 0 Å². The van der Waals surface area contributed by atoms with Crippen LogP contribution >= 0.6 is 0 Å². The standard InChI is InChI=1S/C11H20N4O/c1-9-8-10(2)15-11(14-9)13-5-3-6-16-7-4-12/h8H,3-7,12H2,1-2H3,(H,13,14,15). The number of aromatic nitrogens is 2. The van der Waals surface area contributed by atoms with E-state index >= 15 is 0 Å². The Morgan fingerprint density at radius 1 is 1.25 bits per heavy atom. The van der Waals surface area contributed by atoms with E-state index in [1.807, 2.05) is 19.9 Å². The Hall–Kier alpha value is -1.20. The molecule has 3 N–H and O–H groups in total. The second-order valence-corrected chi connectivity index (χ2v) is 3.66. The van der Waals surface area contributed by atoms with Crippen LogP contribution in [0.25, 0.3) is 0 Å². The molecule has 0 aliphatic heterocycles. The Morgan fingerprint density at radius 3 is 2.56 bits per heavy atom. The van der Waals surface area contributed by atoms with Crippen LogP contribution in [0.15, 0.2) is 6.07 Å². The molecule has 0 saturated heterocycles. The van der Waals surface area contributed by atoms with Crippen LogP contribution < -0.4 is 11.1 Å². The first kappa shape index (κ1) is 12.9. The number of nitrogens with one attached hydrogen (secondary N) is 1. The molecule has 0 fully saturated rings. The maximum absolute atomic E-state index is 5.31. The van der Waals surface area contributed by atoms with Crippen molar-refractivity contribution in [1.82, 2.24) is 9.97 Å². The first-order chi connectivity index (χ1) is 7.72. The van der Waals surface area contributed by atoms with E-state index < -0.39 is 0 Å². The lowest BCUT2D eigenvalue weighted by Crippen LogP contribution is -2.12. The first-order valence-electron chi connectivity index (χ1n) is 5.56. The molecular formula is C11H20N4O. The summed E-state index contributed by atoms with van der Waals surface area (Å²) in [6.07, 6.45) is 0.927. The van der Waals surface area contributed by atoms with Crippen LogP contribution in [-0.4, -0.2) is 36.3 Å². The van der Waals surface area contributed by atoms with Crippen molar-refractivity contribution in [2.75, 3.05) is 31.6 Å². The number of nitrogens with zero attached hydrogens (tertiary/aromatic N) is 2. The van der Waals surface area contributed by atoms with E-state index in [9.17, 15) is 0 Å². The number of ether oxygens (including phenoxy) is 1. The second-order valence-electron chi connectivity index (χ2n) is 3.66. The summed E-state index contributed by atoms with van der Waals surface area (Å²) in [5.41, 5.74) is 7.27. The van der Waals surface area contributed by atoms with Gasteiger partial charge in [-0.05, 0) is 26.3 Å². The van der Waals surface area contributed by atoms with Gasteiger partial charge in [-0.25, -0.2) is 9.97 Å². The summed E-state index contributed by atoms with van der Waals surface area (Å²) in [4.78, 5) is 8.57. The lowest BCUT2D eigenvalue weighted by atomic mass is 10.3. The zero-order chi connectivity index (χ0) is 11.8. The van der Waals surface area contributed by atoms with Gasteiger partial charge in [-0.2, -0.15) is 0 Å². The molecular weight excluding hydrogens is 204 g/mol. The normalized spacial score (nSPS) is 10.4. The van der Waals surface area contributed by atoms with Crippen LogP contribution in [0.3, 0.4) is 0 Å². The van der Waals surface area contributed by atoms with Crippen molar-refractivity contribution in [2.45, 2.75) is 20.3 Å². The van der Waals surface area contributed by atoms with Gasteiger partial charge in [0.15, 0.2) is 0 Å². The zero-order valence-electron chi connectivity index (χ0n) is 9.99. The molecule has 1 aromatic heterocycles. The summed E-state index contributed by atoms with van der Waals surface area (Å²) in [6, 6.07) is 1.95. The van der Waals surface area contributed by atoms with Crippen molar-refractivity contribution in [1.29, 1.82) is 0 Å². The number of hydrogen-bond acceptors (Lipinski definition) is 5. The average Bonchev–Trinajstić information content (AvgIpc) is 2.22. The molecule has 1 rings (SSSR count). The fraction of sp³-hybridized carbons (Fsp3) is 0.636. The van der Waals surface area contributed by atoms with Gasteiger partial charge in [0.05, 0.1) is 6.61 Å². The third-order valence-electron chi connectivity index (χ3n) is 1.99. The SMILES string of the molecule is Cc1cc(C)nc(NCCCOCCN)n1. The highest BCUT2D eigenvalue weighted by molar-refractivity contribution is 5.27. The molecule has 0 aliphatic carbocycles. The first-order valence-corrected chi connectivity index (χ1v) is 5.56. The van der Waals surface area contributed by atoms with Crippen molar-refractivity contribution in [3.05, 3.63) is 17.5 Å². The van der Waals surface area contributed by atoms with Crippen LogP contribution in [-0.2, 0) is 4.74 Å². The molecule has 1 aromatic rings. The predicted molar refractivity (Wildman–Crippen MR) is 64.5 cm³/mol. The summed E-state index contributed by atoms with van der Waals surface area (Å²) in [5.74, 6) is 0.691. The lowest BCUT2D eigenvalue weighted by Gasteiger charge is -2.06. The summed E-state index contributed by atoms with van der Waals surface area (Å²) in [7, 11) is 0. The van der Waals surface area contributed by atoms with E-state index in [0.29, 0.717) is 19.1 Å². The summed E-state index contributed by atoms with van der Waals surface area (Å²) in [5, 5.41) is 3.17. The van der Waals surface area contributed by atoms with E-state index in [4.69, 9.17) is 10.5 Å². The highest BCUT2D eigenvalue weighted by Crippen LogP contribution is 2.03. The molecule has 1 heterocycles. The van der Waals surface area contributed by atoms with Gasteiger partial charge < -0.3 is 15.8 Å². The molecule has 0 radical (unpaired) electrons. The van der Waals surface area contributed by atoms with Crippen molar-refractivity contribution >= 4 is 5.95 Å². The quantitative estimate of drug-likeness (QED) is 0.672. The minimum atomic E-state index is 0.577.